The van der Waals surface area contributed by atoms with E-state index in [-0.39, 0.29) is 30.3 Å². The third-order valence-electron chi connectivity index (χ3n) is 2.71. The predicted octanol–water partition coefficient (Wildman–Crippen LogP) is 4.03. The van der Waals surface area contributed by atoms with Crippen molar-refractivity contribution in [2.45, 2.75) is 0 Å². The highest BCUT2D eigenvalue weighted by Gasteiger charge is 2.22. The first-order valence-corrected chi connectivity index (χ1v) is 7.78. The molecule has 5 nitrogen and oxygen atoms in total. The van der Waals surface area contributed by atoms with Crippen molar-refractivity contribution in [2.24, 2.45) is 0 Å². The zero-order valence-electron chi connectivity index (χ0n) is 10.1. The topological polar surface area (TPSA) is 98.0 Å². The van der Waals surface area contributed by atoms with Crippen LogP contribution in [0.2, 0.25) is 0 Å². The summed E-state index contributed by atoms with van der Waals surface area (Å²) >= 11 is 9.34. The van der Waals surface area contributed by atoms with Crippen LogP contribution in [0.25, 0.3) is 0 Å². The normalized spacial score (nSPS) is 10.6. The highest BCUT2D eigenvalue weighted by molar-refractivity contribution is 9.13. The second-order valence-corrected chi connectivity index (χ2v) is 6.51. The molecule has 0 atom stereocenters. The average Bonchev–Trinajstić information content (AvgIpc) is 2.43. The summed E-state index contributed by atoms with van der Waals surface area (Å²) in [6.07, 6.45) is 0. The molecule has 0 amide bonds. The molecule has 0 fully saturated rings. The number of carbonyl (C=O) groups is 1. The van der Waals surface area contributed by atoms with Crippen LogP contribution in [0.15, 0.2) is 31.6 Å². The maximum Gasteiger partial charge on any atom is 0.195 e. The number of rotatable bonds is 2. The number of phenolic OH excluding ortho intramolecular Hbond substituents is 4. The van der Waals surface area contributed by atoms with Crippen molar-refractivity contribution in [1.29, 1.82) is 0 Å². The lowest BCUT2D eigenvalue weighted by atomic mass is 10.0. The summed E-state index contributed by atoms with van der Waals surface area (Å²) < 4.78 is 0.658. The van der Waals surface area contributed by atoms with E-state index < -0.39 is 23.0 Å². The minimum absolute atomic E-state index is 0.0722. The van der Waals surface area contributed by atoms with Crippen molar-refractivity contribution < 1.29 is 25.2 Å². The van der Waals surface area contributed by atoms with Crippen LogP contribution in [0, 0.1) is 0 Å². The number of halogens is 3. The van der Waals surface area contributed by atoms with Gasteiger partial charge in [0.2, 0.25) is 0 Å². The quantitative estimate of drug-likeness (QED) is 0.383. The number of ketones is 1. The predicted molar refractivity (Wildman–Crippen MR) is 86.1 cm³/mol. The second kappa shape index (κ2) is 5.86. The van der Waals surface area contributed by atoms with Crippen LogP contribution in [0.4, 0.5) is 0 Å². The van der Waals surface area contributed by atoms with Gasteiger partial charge in [0.15, 0.2) is 28.8 Å². The molecule has 0 aliphatic heterocycles. The molecule has 8 heteroatoms. The Bertz CT molecular complexity index is 758. The monoisotopic (exact) mass is 480 g/mol. The zero-order chi connectivity index (χ0) is 15.9. The number of hydrogen-bond acceptors (Lipinski definition) is 5. The molecule has 0 aliphatic rings. The molecule has 0 saturated carbocycles. The van der Waals surface area contributed by atoms with Crippen LogP contribution in [-0.2, 0) is 0 Å². The average molecular weight is 483 g/mol. The van der Waals surface area contributed by atoms with E-state index in [4.69, 9.17) is 0 Å². The Morgan fingerprint density at radius 2 is 1.29 bits per heavy atom. The molecule has 2 aromatic carbocycles. The maximum atomic E-state index is 12.5. The molecule has 0 spiro atoms. The first-order chi connectivity index (χ1) is 9.73. The number of benzene rings is 2. The fourth-order valence-electron chi connectivity index (χ4n) is 1.64. The first-order valence-electron chi connectivity index (χ1n) is 5.40. The van der Waals surface area contributed by atoms with Crippen LogP contribution in [0.1, 0.15) is 15.9 Å². The van der Waals surface area contributed by atoms with E-state index in [1.54, 1.807) is 0 Å². The molecule has 0 bridgehead atoms. The van der Waals surface area contributed by atoms with Gasteiger partial charge in [-0.25, -0.2) is 0 Å². The van der Waals surface area contributed by atoms with Crippen LogP contribution >= 0.6 is 47.8 Å². The van der Waals surface area contributed by atoms with Gasteiger partial charge in [-0.3, -0.25) is 4.79 Å². The van der Waals surface area contributed by atoms with Crippen molar-refractivity contribution in [3.63, 3.8) is 0 Å². The van der Waals surface area contributed by atoms with E-state index in [1.807, 2.05) is 0 Å². The Morgan fingerprint density at radius 3 is 1.90 bits per heavy atom. The van der Waals surface area contributed by atoms with Crippen LogP contribution in [0.3, 0.4) is 0 Å². The van der Waals surface area contributed by atoms with Crippen molar-refractivity contribution in [1.82, 2.24) is 0 Å². The third kappa shape index (κ3) is 2.88. The van der Waals surface area contributed by atoms with Gasteiger partial charge >= 0.3 is 0 Å². The fraction of sp³-hybridized carbons (Fsp3) is 0. The lowest BCUT2D eigenvalue weighted by Gasteiger charge is -2.11. The minimum Gasteiger partial charge on any atom is -0.504 e. The largest absolute Gasteiger partial charge is 0.504 e. The van der Waals surface area contributed by atoms with Gasteiger partial charge in [-0.1, -0.05) is 0 Å². The van der Waals surface area contributed by atoms with Crippen LogP contribution in [0.5, 0.6) is 23.0 Å². The molecule has 0 aromatic heterocycles. The second-order valence-electron chi connectivity index (χ2n) is 4.07. The molecule has 0 saturated heterocycles. The minimum atomic E-state index is -0.528. The van der Waals surface area contributed by atoms with Crippen molar-refractivity contribution in [3.05, 3.63) is 42.7 Å². The first kappa shape index (κ1) is 16.1. The van der Waals surface area contributed by atoms with Gasteiger partial charge < -0.3 is 20.4 Å². The number of phenols is 4. The summed E-state index contributed by atoms with van der Waals surface area (Å²) in [7, 11) is 0. The molecule has 21 heavy (non-hydrogen) atoms. The van der Waals surface area contributed by atoms with Crippen molar-refractivity contribution >= 4 is 53.6 Å². The highest BCUT2D eigenvalue weighted by Crippen LogP contribution is 2.42. The maximum absolute atomic E-state index is 12.5. The van der Waals surface area contributed by atoms with E-state index in [2.05, 4.69) is 47.8 Å². The molecular weight excluding hydrogens is 476 g/mol. The molecule has 0 aliphatic carbocycles. The van der Waals surface area contributed by atoms with Gasteiger partial charge in [-0.2, -0.15) is 0 Å². The number of carbonyl (C=O) groups excluding carboxylic acids is 1. The van der Waals surface area contributed by atoms with Gasteiger partial charge in [0.25, 0.3) is 0 Å². The Balaban J connectivity index is 2.64. The van der Waals surface area contributed by atoms with E-state index >= 15 is 0 Å². The zero-order valence-corrected chi connectivity index (χ0v) is 14.8. The molecule has 2 rings (SSSR count). The molecule has 0 heterocycles. The van der Waals surface area contributed by atoms with Gasteiger partial charge in [0, 0.05) is 20.1 Å². The summed E-state index contributed by atoms with van der Waals surface area (Å²) in [6, 6.07) is 3.39. The lowest BCUT2D eigenvalue weighted by Crippen LogP contribution is -2.04. The van der Waals surface area contributed by atoms with E-state index in [0.717, 1.165) is 12.1 Å². The van der Waals surface area contributed by atoms with Gasteiger partial charge in [-0.05, 0) is 66.0 Å². The Kier molecular flexibility index (Phi) is 4.50. The molecule has 0 radical (unpaired) electrons. The fourth-order valence-corrected chi connectivity index (χ4v) is 3.05. The van der Waals surface area contributed by atoms with E-state index in [0.29, 0.717) is 0 Å². The van der Waals surface area contributed by atoms with Crippen LogP contribution < -0.4 is 0 Å². The van der Waals surface area contributed by atoms with Crippen molar-refractivity contribution in [3.8, 4) is 23.0 Å². The third-order valence-corrected chi connectivity index (χ3v) is 5.50. The Hall–Kier alpha value is -1.25. The standard InChI is InChI=1S/C13H7Br3O5/c14-6-3-8(18)7(17)1-4(6)12(20)5-2-9(19)13(21)11(16)10(5)15/h1-3,17-19,21H. The molecule has 4 N–H and O–H groups in total. The highest BCUT2D eigenvalue weighted by atomic mass is 79.9. The Labute approximate surface area is 144 Å². The molecular formula is C13H7Br3O5. The smallest absolute Gasteiger partial charge is 0.195 e. The summed E-state index contributed by atoms with van der Waals surface area (Å²) in [6.45, 7) is 0. The van der Waals surface area contributed by atoms with Gasteiger partial charge in [0.05, 0.1) is 4.47 Å². The van der Waals surface area contributed by atoms with E-state index in [1.165, 1.54) is 6.07 Å². The molecule has 110 valence electrons. The van der Waals surface area contributed by atoms with E-state index in [9.17, 15) is 25.2 Å². The van der Waals surface area contributed by atoms with Crippen LogP contribution in [-0.4, -0.2) is 26.2 Å². The Morgan fingerprint density at radius 1 is 0.762 bits per heavy atom. The number of hydrogen-bond donors (Lipinski definition) is 4. The molecule has 0 unspecified atom stereocenters. The summed E-state index contributed by atoms with van der Waals surface area (Å²) in [5, 5.41) is 38.1. The summed E-state index contributed by atoms with van der Waals surface area (Å²) in [5.41, 5.74) is 0.158. The SMILES string of the molecule is O=C(c1cc(O)c(O)cc1Br)c1cc(O)c(O)c(Br)c1Br. The summed E-state index contributed by atoms with van der Waals surface area (Å²) in [5.74, 6) is -2.20. The van der Waals surface area contributed by atoms with Gasteiger partial charge in [-0.15, -0.1) is 0 Å². The van der Waals surface area contributed by atoms with Crippen molar-refractivity contribution in [2.75, 3.05) is 0 Å². The summed E-state index contributed by atoms with van der Waals surface area (Å²) in [4.78, 5) is 12.5. The lowest BCUT2D eigenvalue weighted by molar-refractivity contribution is 0.103. The number of aromatic hydroxyl groups is 4. The molecule has 2 aromatic rings. The van der Waals surface area contributed by atoms with Gasteiger partial charge in [0.1, 0.15) is 0 Å².